The number of methoxy groups -OCH3 is 1. The number of benzene rings is 2. The van der Waals surface area contributed by atoms with E-state index in [9.17, 15) is 4.79 Å². The van der Waals surface area contributed by atoms with E-state index >= 15 is 0 Å². The first-order valence-electron chi connectivity index (χ1n) is 8.37. The smallest absolute Gasteiger partial charge is 0.220 e. The van der Waals surface area contributed by atoms with E-state index in [1.807, 2.05) is 49.4 Å². The van der Waals surface area contributed by atoms with Gasteiger partial charge in [-0.15, -0.1) is 0 Å². The molecule has 2 aromatic rings. The maximum Gasteiger partial charge on any atom is 0.220 e. The minimum Gasteiger partial charge on any atom is -0.496 e. The Balaban J connectivity index is 1.63. The first kappa shape index (κ1) is 19.1. The average molecular weight is 362 g/mol. The zero-order valence-electron chi connectivity index (χ0n) is 14.7. The summed E-state index contributed by atoms with van der Waals surface area (Å²) >= 11 is 5.98. The summed E-state index contributed by atoms with van der Waals surface area (Å²) in [7, 11) is 1.65. The lowest BCUT2D eigenvalue weighted by Gasteiger charge is -2.10. The number of hydrogen-bond acceptors (Lipinski definition) is 3. The fourth-order valence-electron chi connectivity index (χ4n) is 2.46. The fourth-order valence-corrected chi connectivity index (χ4v) is 2.58. The number of rotatable bonds is 9. The number of aryl methyl sites for hydroxylation is 1. The van der Waals surface area contributed by atoms with E-state index in [-0.39, 0.29) is 5.91 Å². The highest BCUT2D eigenvalue weighted by Crippen LogP contribution is 2.21. The number of para-hydroxylation sites is 1. The molecule has 0 atom stereocenters. The maximum atomic E-state index is 11.9. The Morgan fingerprint density at radius 3 is 2.76 bits per heavy atom. The lowest BCUT2D eigenvalue weighted by molar-refractivity contribution is -0.121. The van der Waals surface area contributed by atoms with Crippen molar-refractivity contribution >= 4 is 17.5 Å². The largest absolute Gasteiger partial charge is 0.496 e. The first-order chi connectivity index (χ1) is 12.1. The zero-order valence-corrected chi connectivity index (χ0v) is 15.4. The van der Waals surface area contributed by atoms with Crippen LogP contribution in [0.2, 0.25) is 5.02 Å². The Hall–Kier alpha value is -2.20. The van der Waals surface area contributed by atoms with E-state index in [1.54, 1.807) is 7.11 Å². The molecule has 1 N–H and O–H groups in total. The number of nitrogens with one attached hydrogen (secondary N) is 1. The second-order valence-corrected chi connectivity index (χ2v) is 6.18. The summed E-state index contributed by atoms with van der Waals surface area (Å²) in [5.74, 6) is 1.66. The molecule has 0 aliphatic rings. The molecule has 134 valence electrons. The molecule has 0 aromatic heterocycles. The van der Waals surface area contributed by atoms with Crippen LogP contribution in [0.25, 0.3) is 0 Å². The van der Waals surface area contributed by atoms with Crippen LogP contribution in [0.15, 0.2) is 42.5 Å². The Morgan fingerprint density at radius 2 is 2.00 bits per heavy atom. The minimum atomic E-state index is 0.0331. The van der Waals surface area contributed by atoms with Crippen molar-refractivity contribution in [2.24, 2.45) is 0 Å². The zero-order chi connectivity index (χ0) is 18.1. The Labute approximate surface area is 154 Å². The normalized spacial score (nSPS) is 10.4. The molecule has 0 bridgehead atoms. The van der Waals surface area contributed by atoms with Gasteiger partial charge in [0.1, 0.15) is 11.5 Å². The second-order valence-electron chi connectivity index (χ2n) is 5.77. The molecule has 0 spiro atoms. The van der Waals surface area contributed by atoms with Crippen molar-refractivity contribution in [1.82, 2.24) is 5.32 Å². The number of halogens is 1. The Bertz CT molecular complexity index is 703. The fraction of sp³-hybridized carbons (Fsp3) is 0.350. The third-order valence-corrected chi connectivity index (χ3v) is 4.28. The van der Waals surface area contributed by atoms with Crippen LogP contribution in [0, 0.1) is 6.92 Å². The molecule has 0 radical (unpaired) electrons. The topological polar surface area (TPSA) is 47.6 Å². The number of carbonyl (C=O) groups excluding carboxylic acids is 1. The van der Waals surface area contributed by atoms with Crippen LogP contribution in [0.1, 0.15) is 24.0 Å². The van der Waals surface area contributed by atoms with E-state index in [0.29, 0.717) is 26.0 Å². The van der Waals surface area contributed by atoms with Crippen LogP contribution < -0.4 is 14.8 Å². The molecule has 0 unspecified atom stereocenters. The predicted molar refractivity (Wildman–Crippen MR) is 101 cm³/mol. The van der Waals surface area contributed by atoms with Gasteiger partial charge < -0.3 is 14.8 Å². The van der Waals surface area contributed by atoms with Crippen molar-refractivity contribution in [3.8, 4) is 11.5 Å². The Kier molecular flexibility index (Phi) is 7.61. The summed E-state index contributed by atoms with van der Waals surface area (Å²) < 4.78 is 10.9. The molecule has 1 amide bonds. The molecule has 0 saturated carbocycles. The lowest BCUT2D eigenvalue weighted by atomic mass is 10.1. The highest BCUT2D eigenvalue weighted by atomic mass is 35.5. The van der Waals surface area contributed by atoms with Gasteiger partial charge in [-0.1, -0.05) is 29.8 Å². The number of ether oxygens (including phenoxy) is 2. The van der Waals surface area contributed by atoms with E-state index in [0.717, 1.165) is 34.1 Å². The van der Waals surface area contributed by atoms with Gasteiger partial charge in [0, 0.05) is 18.0 Å². The minimum absolute atomic E-state index is 0.0331. The molecule has 2 aromatic carbocycles. The van der Waals surface area contributed by atoms with E-state index in [1.165, 1.54) is 0 Å². The summed E-state index contributed by atoms with van der Waals surface area (Å²) in [5.41, 5.74) is 2.07. The van der Waals surface area contributed by atoms with Gasteiger partial charge in [0.15, 0.2) is 0 Å². The van der Waals surface area contributed by atoms with Gasteiger partial charge in [-0.2, -0.15) is 0 Å². The van der Waals surface area contributed by atoms with Gasteiger partial charge in [0.05, 0.1) is 13.7 Å². The van der Waals surface area contributed by atoms with Crippen molar-refractivity contribution in [3.63, 3.8) is 0 Å². The summed E-state index contributed by atoms with van der Waals surface area (Å²) in [4.78, 5) is 11.9. The molecular weight excluding hydrogens is 338 g/mol. The highest BCUT2D eigenvalue weighted by molar-refractivity contribution is 6.31. The van der Waals surface area contributed by atoms with Crippen molar-refractivity contribution in [3.05, 3.63) is 58.6 Å². The highest BCUT2D eigenvalue weighted by Gasteiger charge is 2.05. The van der Waals surface area contributed by atoms with E-state index < -0.39 is 0 Å². The third-order valence-electron chi connectivity index (χ3n) is 3.86. The number of amides is 1. The van der Waals surface area contributed by atoms with E-state index in [2.05, 4.69) is 5.32 Å². The van der Waals surface area contributed by atoms with Crippen LogP contribution in [0.3, 0.4) is 0 Å². The standard InChI is InChI=1S/C20H24ClNO3/c1-15-14-17(9-10-18(15)21)25-13-5-8-20(23)22-12-11-16-6-3-4-7-19(16)24-2/h3-4,6-7,9-10,14H,5,8,11-13H2,1-2H3,(H,22,23). The third kappa shape index (κ3) is 6.31. The Morgan fingerprint density at radius 1 is 1.20 bits per heavy atom. The lowest BCUT2D eigenvalue weighted by Crippen LogP contribution is -2.25. The number of carbonyl (C=O) groups is 1. The molecular formula is C20H24ClNO3. The first-order valence-corrected chi connectivity index (χ1v) is 8.75. The summed E-state index contributed by atoms with van der Waals surface area (Å²) in [5, 5.41) is 3.65. The predicted octanol–water partition coefficient (Wildman–Crippen LogP) is 4.17. The number of hydrogen-bond donors (Lipinski definition) is 1. The molecule has 5 heteroatoms. The van der Waals surface area contributed by atoms with Gasteiger partial charge in [-0.05, 0) is 55.2 Å². The van der Waals surface area contributed by atoms with Gasteiger partial charge in [-0.25, -0.2) is 0 Å². The summed E-state index contributed by atoms with van der Waals surface area (Å²) in [6.07, 6.45) is 1.86. The van der Waals surface area contributed by atoms with Crippen molar-refractivity contribution in [2.75, 3.05) is 20.3 Å². The summed E-state index contributed by atoms with van der Waals surface area (Å²) in [6.45, 7) is 3.03. The van der Waals surface area contributed by atoms with Crippen LogP contribution in [-0.4, -0.2) is 26.2 Å². The molecule has 4 nitrogen and oxygen atoms in total. The van der Waals surface area contributed by atoms with Crippen molar-refractivity contribution < 1.29 is 14.3 Å². The van der Waals surface area contributed by atoms with Crippen molar-refractivity contribution in [1.29, 1.82) is 0 Å². The molecule has 25 heavy (non-hydrogen) atoms. The van der Waals surface area contributed by atoms with Crippen LogP contribution >= 0.6 is 11.6 Å². The van der Waals surface area contributed by atoms with Gasteiger partial charge >= 0.3 is 0 Å². The van der Waals surface area contributed by atoms with Crippen LogP contribution in [0.5, 0.6) is 11.5 Å². The maximum absolute atomic E-state index is 11.9. The van der Waals surface area contributed by atoms with Crippen LogP contribution in [0.4, 0.5) is 0 Å². The molecule has 0 aliphatic heterocycles. The SMILES string of the molecule is COc1ccccc1CCNC(=O)CCCOc1ccc(Cl)c(C)c1. The van der Waals surface area contributed by atoms with Crippen LogP contribution in [-0.2, 0) is 11.2 Å². The molecule has 2 rings (SSSR count). The monoisotopic (exact) mass is 361 g/mol. The van der Waals surface area contributed by atoms with Gasteiger partial charge in [0.2, 0.25) is 5.91 Å². The quantitative estimate of drug-likeness (QED) is 0.682. The molecule has 0 heterocycles. The molecule has 0 aliphatic carbocycles. The molecule has 0 saturated heterocycles. The summed E-state index contributed by atoms with van der Waals surface area (Å²) in [6, 6.07) is 13.4. The average Bonchev–Trinajstić information content (AvgIpc) is 2.62. The van der Waals surface area contributed by atoms with E-state index in [4.69, 9.17) is 21.1 Å². The van der Waals surface area contributed by atoms with Crippen molar-refractivity contribution in [2.45, 2.75) is 26.2 Å². The van der Waals surface area contributed by atoms with Gasteiger partial charge in [-0.3, -0.25) is 4.79 Å². The molecule has 0 fully saturated rings. The second kappa shape index (κ2) is 9.94. The van der Waals surface area contributed by atoms with Gasteiger partial charge in [0.25, 0.3) is 0 Å².